The Labute approximate surface area is 124 Å². The molecule has 3 aliphatic rings. The van der Waals surface area contributed by atoms with Crippen LogP contribution in [-0.4, -0.2) is 49.3 Å². The van der Waals surface area contributed by atoms with E-state index in [1.165, 1.54) is 51.7 Å². The van der Waals surface area contributed by atoms with Crippen LogP contribution in [0.3, 0.4) is 0 Å². The van der Waals surface area contributed by atoms with Crippen LogP contribution in [0.1, 0.15) is 52.9 Å². The highest BCUT2D eigenvalue weighted by atomic mass is 16.5. The molecule has 3 rings (SSSR count). The van der Waals surface area contributed by atoms with Crippen molar-refractivity contribution in [1.29, 1.82) is 0 Å². The van der Waals surface area contributed by atoms with Crippen LogP contribution in [0.25, 0.3) is 0 Å². The number of ether oxygens (including phenoxy) is 1. The lowest BCUT2D eigenvalue weighted by Gasteiger charge is -2.56. The van der Waals surface area contributed by atoms with Crippen molar-refractivity contribution in [1.82, 2.24) is 10.2 Å². The average Bonchev–Trinajstić information content (AvgIpc) is 2.91. The topological polar surface area (TPSA) is 24.5 Å². The molecule has 116 valence electrons. The first-order valence-corrected chi connectivity index (χ1v) is 8.73. The maximum atomic E-state index is 5.90. The van der Waals surface area contributed by atoms with Crippen molar-refractivity contribution in [3.63, 3.8) is 0 Å². The Hall–Kier alpha value is -0.120. The first-order chi connectivity index (χ1) is 9.63. The largest absolute Gasteiger partial charge is 0.377 e. The maximum Gasteiger partial charge on any atom is 0.0685 e. The van der Waals surface area contributed by atoms with E-state index in [2.05, 4.69) is 31.0 Å². The summed E-state index contributed by atoms with van der Waals surface area (Å²) in [5, 5.41) is 3.99. The Morgan fingerprint density at radius 3 is 2.65 bits per heavy atom. The van der Waals surface area contributed by atoms with Crippen molar-refractivity contribution in [3.05, 3.63) is 0 Å². The van der Waals surface area contributed by atoms with Crippen LogP contribution in [0.2, 0.25) is 0 Å². The van der Waals surface area contributed by atoms with Crippen LogP contribution in [-0.2, 0) is 4.74 Å². The summed E-state index contributed by atoms with van der Waals surface area (Å²) in [6, 6.07) is 1.42. The molecule has 1 saturated carbocycles. The van der Waals surface area contributed by atoms with Gasteiger partial charge in [-0.2, -0.15) is 0 Å². The number of likely N-dealkylation sites (tertiary alicyclic amines) is 1. The van der Waals surface area contributed by atoms with E-state index in [1.807, 2.05) is 0 Å². The number of piperidine rings is 1. The average molecular weight is 280 g/mol. The summed E-state index contributed by atoms with van der Waals surface area (Å²) in [5.41, 5.74) is 0.334. The lowest BCUT2D eigenvalue weighted by Crippen LogP contribution is -2.67. The summed E-state index contributed by atoms with van der Waals surface area (Å²) in [6.07, 6.45) is 7.11. The molecule has 2 saturated heterocycles. The minimum atomic E-state index is 0.334. The number of unbranched alkanes of at least 4 members (excludes halogenated alkanes) is 1. The molecular weight excluding hydrogens is 248 g/mol. The molecule has 0 spiro atoms. The third kappa shape index (κ3) is 2.65. The predicted molar refractivity (Wildman–Crippen MR) is 82.9 cm³/mol. The zero-order valence-electron chi connectivity index (χ0n) is 13.5. The second kappa shape index (κ2) is 5.94. The van der Waals surface area contributed by atoms with Crippen LogP contribution in [0.15, 0.2) is 0 Å². The highest BCUT2D eigenvalue weighted by molar-refractivity contribution is 5.12. The molecule has 3 heteroatoms. The molecule has 3 unspecified atom stereocenters. The molecule has 0 aromatic carbocycles. The number of hydrogen-bond acceptors (Lipinski definition) is 3. The zero-order valence-corrected chi connectivity index (χ0v) is 13.5. The van der Waals surface area contributed by atoms with E-state index in [0.717, 1.165) is 18.6 Å². The molecule has 1 aliphatic carbocycles. The third-order valence-corrected chi connectivity index (χ3v) is 5.93. The molecule has 0 bridgehead atoms. The second-order valence-electron chi connectivity index (χ2n) is 7.68. The van der Waals surface area contributed by atoms with Crippen molar-refractivity contribution in [2.45, 2.75) is 71.1 Å². The van der Waals surface area contributed by atoms with Crippen LogP contribution in [0, 0.1) is 11.3 Å². The zero-order chi connectivity index (χ0) is 14.2. The molecular formula is C17H32N2O. The van der Waals surface area contributed by atoms with E-state index in [0.29, 0.717) is 17.6 Å². The summed E-state index contributed by atoms with van der Waals surface area (Å²) in [5.74, 6) is 0.781. The molecule has 3 atom stereocenters. The molecule has 3 fully saturated rings. The minimum Gasteiger partial charge on any atom is -0.377 e. The molecule has 1 N–H and O–H groups in total. The van der Waals surface area contributed by atoms with Gasteiger partial charge in [0.1, 0.15) is 0 Å². The van der Waals surface area contributed by atoms with Crippen molar-refractivity contribution in [3.8, 4) is 0 Å². The standard InChI is InChI=1S/C17H32N2O/c1-4-5-9-19-10-6-13(7-11-19)18-15-14-8-12-20-16(14)17(15,2)3/h13-16,18H,4-12H2,1-3H3. The molecule has 0 aromatic heterocycles. The maximum absolute atomic E-state index is 5.90. The van der Waals surface area contributed by atoms with E-state index in [9.17, 15) is 0 Å². The Balaban J connectivity index is 1.46. The summed E-state index contributed by atoms with van der Waals surface area (Å²) in [6.45, 7) is 11.9. The van der Waals surface area contributed by atoms with Crippen molar-refractivity contribution in [2.75, 3.05) is 26.2 Å². The molecule has 0 aromatic rings. The number of fused-ring (bicyclic) bond motifs is 1. The minimum absolute atomic E-state index is 0.334. The highest BCUT2D eigenvalue weighted by Crippen LogP contribution is 2.52. The van der Waals surface area contributed by atoms with Gasteiger partial charge >= 0.3 is 0 Å². The fourth-order valence-corrected chi connectivity index (χ4v) is 4.62. The summed E-state index contributed by atoms with van der Waals surface area (Å²) < 4.78 is 5.90. The Morgan fingerprint density at radius 2 is 1.95 bits per heavy atom. The first kappa shape index (κ1) is 14.8. The summed E-state index contributed by atoms with van der Waals surface area (Å²) in [7, 11) is 0. The van der Waals surface area contributed by atoms with Gasteiger partial charge in [-0.3, -0.25) is 0 Å². The Kier molecular flexibility index (Phi) is 4.40. The highest BCUT2D eigenvalue weighted by Gasteiger charge is 2.59. The van der Waals surface area contributed by atoms with Gasteiger partial charge in [-0.15, -0.1) is 0 Å². The third-order valence-electron chi connectivity index (χ3n) is 5.93. The smallest absolute Gasteiger partial charge is 0.0685 e. The van der Waals surface area contributed by atoms with Gasteiger partial charge in [0.2, 0.25) is 0 Å². The quantitative estimate of drug-likeness (QED) is 0.838. The molecule has 2 heterocycles. The van der Waals surface area contributed by atoms with E-state index >= 15 is 0 Å². The Bertz CT molecular complexity index is 323. The molecule has 3 nitrogen and oxygen atoms in total. The lowest BCUT2D eigenvalue weighted by molar-refractivity contribution is -0.116. The van der Waals surface area contributed by atoms with E-state index in [4.69, 9.17) is 4.74 Å². The van der Waals surface area contributed by atoms with Gasteiger partial charge in [0.25, 0.3) is 0 Å². The van der Waals surface area contributed by atoms with Gasteiger partial charge in [0.15, 0.2) is 0 Å². The summed E-state index contributed by atoms with van der Waals surface area (Å²) >= 11 is 0. The number of nitrogens with one attached hydrogen (secondary N) is 1. The van der Waals surface area contributed by atoms with Crippen LogP contribution in [0.5, 0.6) is 0 Å². The van der Waals surface area contributed by atoms with Crippen LogP contribution < -0.4 is 5.32 Å². The van der Waals surface area contributed by atoms with Crippen LogP contribution in [0.4, 0.5) is 0 Å². The van der Waals surface area contributed by atoms with Gasteiger partial charge in [0.05, 0.1) is 6.10 Å². The predicted octanol–water partition coefficient (Wildman–Crippen LogP) is 2.65. The molecule has 0 amide bonds. The molecule has 2 aliphatic heterocycles. The monoisotopic (exact) mass is 280 g/mol. The van der Waals surface area contributed by atoms with Gasteiger partial charge in [-0.25, -0.2) is 0 Å². The van der Waals surface area contributed by atoms with Crippen molar-refractivity contribution < 1.29 is 4.74 Å². The first-order valence-electron chi connectivity index (χ1n) is 8.73. The van der Waals surface area contributed by atoms with Gasteiger partial charge < -0.3 is 15.0 Å². The van der Waals surface area contributed by atoms with E-state index in [-0.39, 0.29) is 0 Å². The lowest BCUT2D eigenvalue weighted by atomic mass is 9.57. The van der Waals surface area contributed by atoms with Crippen LogP contribution >= 0.6 is 0 Å². The number of rotatable bonds is 5. The van der Waals surface area contributed by atoms with Gasteiger partial charge in [-0.1, -0.05) is 27.2 Å². The fraction of sp³-hybridized carbons (Fsp3) is 1.00. The van der Waals surface area contributed by atoms with Crippen molar-refractivity contribution in [2.24, 2.45) is 11.3 Å². The molecule has 20 heavy (non-hydrogen) atoms. The number of hydrogen-bond donors (Lipinski definition) is 1. The van der Waals surface area contributed by atoms with E-state index in [1.54, 1.807) is 0 Å². The normalized spacial score (nSPS) is 37.6. The SMILES string of the molecule is CCCCN1CCC(NC2C3CCOC3C2(C)C)CC1. The van der Waals surface area contributed by atoms with Gasteiger partial charge in [-0.05, 0) is 45.3 Å². The van der Waals surface area contributed by atoms with E-state index < -0.39 is 0 Å². The number of nitrogens with zero attached hydrogens (tertiary/aromatic N) is 1. The molecule has 0 radical (unpaired) electrons. The van der Waals surface area contributed by atoms with Gasteiger partial charge in [0, 0.05) is 30.0 Å². The Morgan fingerprint density at radius 1 is 1.20 bits per heavy atom. The fourth-order valence-electron chi connectivity index (χ4n) is 4.62. The van der Waals surface area contributed by atoms with Crippen molar-refractivity contribution >= 4 is 0 Å². The summed E-state index contributed by atoms with van der Waals surface area (Å²) in [4.78, 5) is 2.65. The second-order valence-corrected chi connectivity index (χ2v) is 7.68.